The molecule has 2 aliphatic heterocycles. The van der Waals surface area contributed by atoms with Gasteiger partial charge in [0, 0.05) is 38.1 Å². The number of rotatable bonds is 6. The number of nitrogens with zero attached hydrogens (tertiary/aromatic N) is 5. The molecule has 2 fully saturated rings. The van der Waals surface area contributed by atoms with Crippen molar-refractivity contribution in [2.75, 3.05) is 31.1 Å². The summed E-state index contributed by atoms with van der Waals surface area (Å²) in [7, 11) is 1.89. The minimum Gasteiger partial charge on any atom is -0.357 e. The van der Waals surface area contributed by atoms with Crippen molar-refractivity contribution >= 4 is 34.2 Å². The predicted molar refractivity (Wildman–Crippen MR) is 138 cm³/mol. The number of likely N-dealkylation sites (tertiary alicyclic amines) is 1. The molecule has 0 spiro atoms. The summed E-state index contributed by atoms with van der Waals surface area (Å²) in [6.07, 6.45) is 7.62. The first kappa shape index (κ1) is 23.3. The van der Waals surface area contributed by atoms with Crippen molar-refractivity contribution in [2.24, 2.45) is 13.0 Å². The van der Waals surface area contributed by atoms with Crippen LogP contribution in [0, 0.1) is 5.92 Å². The highest BCUT2D eigenvalue weighted by Gasteiger charge is 2.25. The van der Waals surface area contributed by atoms with Crippen LogP contribution in [0.3, 0.4) is 0 Å². The Morgan fingerprint density at radius 3 is 2.47 bits per heavy atom. The fourth-order valence-electron chi connectivity index (χ4n) is 5.38. The highest BCUT2D eigenvalue weighted by Crippen LogP contribution is 2.28. The minimum atomic E-state index is 0.138. The van der Waals surface area contributed by atoms with Crippen LogP contribution in [0.2, 0.25) is 5.02 Å². The van der Waals surface area contributed by atoms with E-state index in [9.17, 15) is 4.79 Å². The zero-order valence-corrected chi connectivity index (χ0v) is 20.8. The van der Waals surface area contributed by atoms with Crippen LogP contribution in [0.1, 0.15) is 61.0 Å². The summed E-state index contributed by atoms with van der Waals surface area (Å²) >= 11 is 6.33. The summed E-state index contributed by atoms with van der Waals surface area (Å²) in [5.41, 5.74) is 2.55. The third kappa shape index (κ3) is 5.13. The molecule has 0 amide bonds. The van der Waals surface area contributed by atoms with E-state index in [-0.39, 0.29) is 5.78 Å². The number of benzene rings is 1. The van der Waals surface area contributed by atoms with Gasteiger partial charge < -0.3 is 4.90 Å². The maximum Gasteiger partial charge on any atom is 0.184 e. The van der Waals surface area contributed by atoms with E-state index >= 15 is 0 Å². The molecule has 7 heteroatoms. The number of aromatic nitrogens is 3. The monoisotopic (exact) mass is 479 g/mol. The first-order valence-corrected chi connectivity index (χ1v) is 13.0. The van der Waals surface area contributed by atoms with Crippen LogP contribution >= 0.6 is 11.6 Å². The minimum absolute atomic E-state index is 0.138. The van der Waals surface area contributed by atoms with Gasteiger partial charge in [-0.2, -0.15) is 5.10 Å². The van der Waals surface area contributed by atoms with Crippen molar-refractivity contribution in [1.29, 1.82) is 0 Å². The Morgan fingerprint density at radius 1 is 1.00 bits per heavy atom. The summed E-state index contributed by atoms with van der Waals surface area (Å²) in [5.74, 6) is 1.54. The molecule has 34 heavy (non-hydrogen) atoms. The molecule has 6 nitrogen and oxygen atoms in total. The second-order valence-electron chi connectivity index (χ2n) is 9.85. The average Bonchev–Trinajstić information content (AvgIpc) is 3.01. The molecule has 3 aromatic rings. The number of Topliss-reactive ketones (excluding diaryl/α,β-unsaturated/α-hetero) is 1. The average molecular weight is 480 g/mol. The maximum atomic E-state index is 13.2. The molecule has 0 aliphatic carbocycles. The van der Waals surface area contributed by atoms with Gasteiger partial charge >= 0.3 is 0 Å². The van der Waals surface area contributed by atoms with E-state index in [0.29, 0.717) is 18.0 Å². The molecule has 2 aliphatic rings. The van der Waals surface area contributed by atoms with Crippen molar-refractivity contribution in [1.82, 2.24) is 19.7 Å². The molecule has 4 heterocycles. The third-order valence-electron chi connectivity index (χ3n) is 7.40. The molecule has 2 saturated heterocycles. The van der Waals surface area contributed by atoms with E-state index in [4.69, 9.17) is 16.6 Å². The lowest BCUT2D eigenvalue weighted by atomic mass is 9.90. The van der Waals surface area contributed by atoms with Gasteiger partial charge in [-0.05, 0) is 68.5 Å². The van der Waals surface area contributed by atoms with Crippen molar-refractivity contribution in [2.45, 2.75) is 51.5 Å². The molecule has 1 aromatic carbocycles. The summed E-state index contributed by atoms with van der Waals surface area (Å²) < 4.78 is 1.77. The van der Waals surface area contributed by atoms with Crippen molar-refractivity contribution in [3.8, 4) is 0 Å². The number of hydrogen-bond acceptors (Lipinski definition) is 5. The molecule has 0 radical (unpaired) electrons. The Hall–Kier alpha value is -2.44. The topological polar surface area (TPSA) is 54.3 Å². The summed E-state index contributed by atoms with van der Waals surface area (Å²) in [4.78, 5) is 23.0. The van der Waals surface area contributed by atoms with E-state index < -0.39 is 0 Å². The fourth-order valence-corrected chi connectivity index (χ4v) is 5.57. The van der Waals surface area contributed by atoms with Crippen LogP contribution in [-0.4, -0.2) is 51.6 Å². The number of piperidine rings is 1. The van der Waals surface area contributed by atoms with Crippen LogP contribution in [0.25, 0.3) is 11.0 Å². The maximum absolute atomic E-state index is 13.2. The Bertz CT molecular complexity index is 1140. The Labute approximate surface area is 206 Å². The molecule has 5 rings (SSSR count). The van der Waals surface area contributed by atoms with Crippen molar-refractivity contribution < 1.29 is 4.79 Å². The van der Waals surface area contributed by atoms with Gasteiger partial charge in [0.15, 0.2) is 11.4 Å². The smallest absolute Gasteiger partial charge is 0.184 e. The fraction of sp³-hybridized carbons (Fsp3) is 0.519. The van der Waals surface area contributed by atoms with Gasteiger partial charge in [-0.25, -0.2) is 9.67 Å². The largest absolute Gasteiger partial charge is 0.357 e. The number of aryl methyl sites for hydroxylation is 1. The van der Waals surface area contributed by atoms with Gasteiger partial charge in [0.2, 0.25) is 0 Å². The lowest BCUT2D eigenvalue weighted by Gasteiger charge is -2.31. The molecule has 0 N–H and O–H groups in total. The van der Waals surface area contributed by atoms with Gasteiger partial charge in [-0.3, -0.25) is 9.69 Å². The SMILES string of the molecule is Cn1nc(C(=O)CC2CCN(Cc3ccccc3Cl)CC2)c2ccc(N3CCCCCC3)nc21. The first-order chi connectivity index (χ1) is 16.6. The molecule has 0 bridgehead atoms. The number of carbonyl (C=O) groups is 1. The number of ketones is 1. The second kappa shape index (κ2) is 10.4. The lowest BCUT2D eigenvalue weighted by molar-refractivity contribution is 0.0921. The van der Waals surface area contributed by atoms with E-state index in [0.717, 1.165) is 67.4 Å². The molecular formula is C27H34ClN5O. The predicted octanol–water partition coefficient (Wildman–Crippen LogP) is 5.49. The molecule has 180 valence electrons. The van der Waals surface area contributed by atoms with Crippen LogP contribution in [0.5, 0.6) is 0 Å². The zero-order chi connectivity index (χ0) is 23.5. The third-order valence-corrected chi connectivity index (χ3v) is 7.77. The van der Waals surface area contributed by atoms with Crippen LogP contribution in [-0.2, 0) is 13.6 Å². The molecule has 2 aromatic heterocycles. The van der Waals surface area contributed by atoms with Crippen LogP contribution < -0.4 is 4.90 Å². The number of fused-ring (bicyclic) bond motifs is 1. The van der Waals surface area contributed by atoms with E-state index in [1.807, 2.05) is 25.2 Å². The number of halogens is 1. The molecule has 0 saturated carbocycles. The van der Waals surface area contributed by atoms with Crippen molar-refractivity contribution in [3.05, 3.63) is 52.7 Å². The van der Waals surface area contributed by atoms with E-state index in [1.54, 1.807) is 4.68 Å². The van der Waals surface area contributed by atoms with E-state index in [1.165, 1.54) is 31.2 Å². The quantitative estimate of drug-likeness (QED) is 0.438. The summed E-state index contributed by atoms with van der Waals surface area (Å²) in [5, 5.41) is 6.31. The second-order valence-corrected chi connectivity index (χ2v) is 10.3. The highest BCUT2D eigenvalue weighted by molar-refractivity contribution is 6.31. The van der Waals surface area contributed by atoms with Gasteiger partial charge in [-0.15, -0.1) is 0 Å². The Kier molecular flexibility index (Phi) is 7.16. The lowest BCUT2D eigenvalue weighted by Crippen LogP contribution is -2.34. The van der Waals surface area contributed by atoms with Gasteiger partial charge in [0.05, 0.1) is 5.39 Å². The number of anilines is 1. The molecule has 0 atom stereocenters. The van der Waals surface area contributed by atoms with Crippen LogP contribution in [0.15, 0.2) is 36.4 Å². The number of pyridine rings is 1. The number of carbonyl (C=O) groups excluding carboxylic acids is 1. The number of hydrogen-bond donors (Lipinski definition) is 0. The van der Waals surface area contributed by atoms with E-state index in [2.05, 4.69) is 33.1 Å². The van der Waals surface area contributed by atoms with Gasteiger partial charge in [0.1, 0.15) is 11.5 Å². The molecule has 0 unspecified atom stereocenters. The first-order valence-electron chi connectivity index (χ1n) is 12.7. The zero-order valence-electron chi connectivity index (χ0n) is 20.0. The Balaban J connectivity index is 1.22. The summed E-state index contributed by atoms with van der Waals surface area (Å²) in [6.45, 7) is 4.96. The van der Waals surface area contributed by atoms with Gasteiger partial charge in [0.25, 0.3) is 0 Å². The summed E-state index contributed by atoms with van der Waals surface area (Å²) in [6, 6.07) is 12.2. The molecular weight excluding hydrogens is 446 g/mol. The Morgan fingerprint density at radius 2 is 1.74 bits per heavy atom. The standard InChI is InChI=1S/C27H34ClN5O/c1-31-27-22(10-11-25(29-27)33-14-6-2-3-7-15-33)26(30-31)24(34)18-20-12-16-32(17-13-20)19-21-8-4-5-9-23(21)28/h4-5,8-11,20H,2-3,6-7,12-19H2,1H3. The highest BCUT2D eigenvalue weighted by atomic mass is 35.5. The normalized spacial score (nSPS) is 18.4. The van der Waals surface area contributed by atoms with Crippen LogP contribution in [0.4, 0.5) is 5.82 Å². The van der Waals surface area contributed by atoms with Crippen molar-refractivity contribution in [3.63, 3.8) is 0 Å². The van der Waals surface area contributed by atoms with Gasteiger partial charge in [-0.1, -0.05) is 42.6 Å².